The number of para-hydroxylation sites is 1. The average molecular weight is 305 g/mol. The Balaban J connectivity index is 2.14. The summed E-state index contributed by atoms with van der Waals surface area (Å²) >= 11 is 0. The van der Waals surface area contributed by atoms with E-state index in [2.05, 4.69) is 0 Å². The molecule has 1 heterocycles. The number of hydrogen-bond donors (Lipinski definition) is 0. The minimum absolute atomic E-state index is 0.167. The van der Waals surface area contributed by atoms with Gasteiger partial charge in [0, 0.05) is 6.54 Å². The molecule has 0 fully saturated rings. The van der Waals surface area contributed by atoms with Crippen molar-refractivity contribution in [1.82, 2.24) is 0 Å². The molecule has 0 saturated heterocycles. The normalized spacial score (nSPS) is 14.3. The van der Waals surface area contributed by atoms with Gasteiger partial charge >= 0.3 is 0 Å². The summed E-state index contributed by atoms with van der Waals surface area (Å²) in [4.78, 5) is 0.167. The molecule has 0 aromatic heterocycles. The zero-order valence-corrected chi connectivity index (χ0v) is 12.7. The Kier molecular flexibility index (Phi) is 3.24. The molecule has 21 heavy (non-hydrogen) atoms. The van der Waals surface area contributed by atoms with Crippen LogP contribution in [0.1, 0.15) is 16.7 Å². The molecular weight excluding hydrogens is 289 g/mol. The molecule has 0 spiro atoms. The highest BCUT2D eigenvalue weighted by Gasteiger charge is 2.32. The molecule has 110 valence electrons. The van der Waals surface area contributed by atoms with Crippen molar-refractivity contribution < 1.29 is 12.8 Å². The first-order valence-corrected chi connectivity index (χ1v) is 8.22. The molecule has 0 saturated carbocycles. The summed E-state index contributed by atoms with van der Waals surface area (Å²) in [5.74, 6) is -0.426. The number of sulfonamides is 1. The third-order valence-electron chi connectivity index (χ3n) is 3.86. The summed E-state index contributed by atoms with van der Waals surface area (Å²) in [5.41, 5.74) is 3.17. The lowest BCUT2D eigenvalue weighted by Crippen LogP contribution is -2.30. The molecule has 0 aliphatic carbocycles. The molecule has 1 aliphatic heterocycles. The lowest BCUT2D eigenvalue weighted by atomic mass is 10.1. The van der Waals surface area contributed by atoms with Gasteiger partial charge in [-0.2, -0.15) is 0 Å². The number of anilines is 1. The highest BCUT2D eigenvalue weighted by atomic mass is 32.2. The summed E-state index contributed by atoms with van der Waals surface area (Å²) in [7, 11) is -3.66. The molecule has 3 nitrogen and oxygen atoms in total. The van der Waals surface area contributed by atoms with Crippen molar-refractivity contribution >= 4 is 15.7 Å². The van der Waals surface area contributed by atoms with E-state index in [1.165, 1.54) is 22.5 Å². The molecular formula is C16H16FNO2S. The van der Waals surface area contributed by atoms with Crippen LogP contribution >= 0.6 is 0 Å². The average Bonchev–Trinajstić information content (AvgIpc) is 2.84. The Labute approximate surface area is 124 Å². The van der Waals surface area contributed by atoms with Crippen molar-refractivity contribution in [2.24, 2.45) is 0 Å². The maximum atomic E-state index is 13.2. The van der Waals surface area contributed by atoms with Crippen LogP contribution in [0.2, 0.25) is 0 Å². The zero-order valence-electron chi connectivity index (χ0n) is 11.9. The molecule has 0 amide bonds. The summed E-state index contributed by atoms with van der Waals surface area (Å²) in [6.45, 7) is 3.95. The quantitative estimate of drug-likeness (QED) is 0.854. The van der Waals surface area contributed by atoms with E-state index in [1.807, 2.05) is 25.1 Å². The predicted octanol–water partition coefficient (Wildman–Crippen LogP) is 3.19. The maximum Gasteiger partial charge on any atom is 0.264 e. The van der Waals surface area contributed by atoms with Crippen LogP contribution in [-0.4, -0.2) is 15.0 Å². The van der Waals surface area contributed by atoms with Gasteiger partial charge < -0.3 is 0 Å². The monoisotopic (exact) mass is 305 g/mol. The molecule has 0 atom stereocenters. The number of halogens is 1. The maximum absolute atomic E-state index is 13.2. The second-order valence-electron chi connectivity index (χ2n) is 5.32. The van der Waals surface area contributed by atoms with Crippen LogP contribution in [0.4, 0.5) is 10.1 Å². The third kappa shape index (κ3) is 2.21. The zero-order chi connectivity index (χ0) is 15.2. The van der Waals surface area contributed by atoms with E-state index in [1.54, 1.807) is 6.92 Å². The van der Waals surface area contributed by atoms with Crippen molar-refractivity contribution in [3.8, 4) is 0 Å². The van der Waals surface area contributed by atoms with E-state index in [4.69, 9.17) is 0 Å². The number of aryl methyl sites for hydroxylation is 2. The molecule has 0 radical (unpaired) electrons. The fourth-order valence-electron chi connectivity index (χ4n) is 2.87. The SMILES string of the molecule is Cc1cc(F)ccc1S(=O)(=O)N1CCc2cccc(C)c21. The van der Waals surface area contributed by atoms with Crippen molar-refractivity contribution in [2.45, 2.75) is 25.2 Å². The first-order chi connectivity index (χ1) is 9.91. The van der Waals surface area contributed by atoms with Crippen molar-refractivity contribution in [3.63, 3.8) is 0 Å². The van der Waals surface area contributed by atoms with Gasteiger partial charge in [-0.25, -0.2) is 12.8 Å². The Morgan fingerprint density at radius 1 is 1.10 bits per heavy atom. The van der Waals surface area contributed by atoms with Crippen molar-refractivity contribution in [3.05, 3.63) is 58.9 Å². The summed E-state index contributed by atoms with van der Waals surface area (Å²) in [5, 5.41) is 0. The van der Waals surface area contributed by atoms with Gasteiger partial charge in [-0.05, 0) is 55.2 Å². The fourth-order valence-corrected chi connectivity index (χ4v) is 4.65. The van der Waals surface area contributed by atoms with Crippen LogP contribution in [0.15, 0.2) is 41.3 Å². The minimum Gasteiger partial charge on any atom is -0.265 e. The number of rotatable bonds is 2. The van der Waals surface area contributed by atoms with Crippen LogP contribution in [-0.2, 0) is 16.4 Å². The van der Waals surface area contributed by atoms with E-state index in [0.29, 0.717) is 18.5 Å². The number of benzene rings is 2. The van der Waals surface area contributed by atoms with E-state index in [0.717, 1.165) is 16.8 Å². The molecule has 3 rings (SSSR count). The lowest BCUT2D eigenvalue weighted by molar-refractivity contribution is 0.590. The Hall–Kier alpha value is -1.88. The van der Waals surface area contributed by atoms with Crippen LogP contribution < -0.4 is 4.31 Å². The van der Waals surface area contributed by atoms with Crippen LogP contribution in [0.25, 0.3) is 0 Å². The van der Waals surface area contributed by atoms with Gasteiger partial charge in [-0.15, -0.1) is 0 Å². The van der Waals surface area contributed by atoms with Crippen LogP contribution in [0.3, 0.4) is 0 Å². The Morgan fingerprint density at radius 3 is 2.57 bits per heavy atom. The molecule has 0 bridgehead atoms. The minimum atomic E-state index is -3.66. The second kappa shape index (κ2) is 4.84. The summed E-state index contributed by atoms with van der Waals surface area (Å²) in [6, 6.07) is 9.58. The summed E-state index contributed by atoms with van der Waals surface area (Å²) in [6.07, 6.45) is 0.705. The van der Waals surface area contributed by atoms with E-state index in [-0.39, 0.29) is 4.90 Å². The first kappa shape index (κ1) is 14.1. The second-order valence-corrected chi connectivity index (χ2v) is 7.15. The molecule has 2 aromatic carbocycles. The third-order valence-corrected chi connectivity index (χ3v) is 5.82. The van der Waals surface area contributed by atoms with Crippen molar-refractivity contribution in [1.29, 1.82) is 0 Å². The van der Waals surface area contributed by atoms with E-state index >= 15 is 0 Å². The lowest BCUT2D eigenvalue weighted by Gasteiger charge is -2.22. The van der Waals surface area contributed by atoms with Gasteiger partial charge in [0.25, 0.3) is 10.0 Å². The van der Waals surface area contributed by atoms with E-state index < -0.39 is 15.8 Å². The number of hydrogen-bond acceptors (Lipinski definition) is 2. The Bertz CT molecular complexity index is 815. The number of nitrogens with zero attached hydrogens (tertiary/aromatic N) is 1. The fraction of sp³-hybridized carbons (Fsp3) is 0.250. The topological polar surface area (TPSA) is 37.4 Å². The molecule has 2 aromatic rings. The Morgan fingerprint density at radius 2 is 1.86 bits per heavy atom. The molecule has 5 heteroatoms. The van der Waals surface area contributed by atoms with E-state index in [9.17, 15) is 12.8 Å². The highest BCUT2D eigenvalue weighted by Crippen LogP contribution is 2.36. The van der Waals surface area contributed by atoms with Gasteiger partial charge in [0.1, 0.15) is 5.82 Å². The van der Waals surface area contributed by atoms with Crippen molar-refractivity contribution in [2.75, 3.05) is 10.8 Å². The van der Waals surface area contributed by atoms with Gasteiger partial charge in [0.05, 0.1) is 10.6 Å². The summed E-state index contributed by atoms with van der Waals surface area (Å²) < 4.78 is 40.4. The molecule has 1 aliphatic rings. The molecule has 0 unspecified atom stereocenters. The smallest absolute Gasteiger partial charge is 0.264 e. The van der Waals surface area contributed by atoms with Gasteiger partial charge in [0.15, 0.2) is 0 Å². The predicted molar refractivity (Wildman–Crippen MR) is 80.6 cm³/mol. The molecule has 0 N–H and O–H groups in total. The highest BCUT2D eigenvalue weighted by molar-refractivity contribution is 7.93. The van der Waals surface area contributed by atoms with Crippen LogP contribution in [0.5, 0.6) is 0 Å². The van der Waals surface area contributed by atoms with Gasteiger partial charge in [0.2, 0.25) is 0 Å². The number of fused-ring (bicyclic) bond motifs is 1. The van der Waals surface area contributed by atoms with Gasteiger partial charge in [-0.1, -0.05) is 18.2 Å². The van der Waals surface area contributed by atoms with Gasteiger partial charge in [-0.3, -0.25) is 4.31 Å². The van der Waals surface area contributed by atoms with Crippen LogP contribution in [0, 0.1) is 19.7 Å². The first-order valence-electron chi connectivity index (χ1n) is 6.78. The largest absolute Gasteiger partial charge is 0.265 e. The standard InChI is InChI=1S/C16H16FNO2S/c1-11-4-3-5-13-8-9-18(16(11)13)21(19,20)15-7-6-14(17)10-12(15)2/h3-7,10H,8-9H2,1-2H3.